The fourth-order valence-electron chi connectivity index (χ4n) is 2.50. The number of carbonyl (C=O) groups is 1. The smallest absolute Gasteiger partial charge is 0.410 e. The minimum absolute atomic E-state index is 0.189. The molecule has 1 N–H and O–H groups in total. The van der Waals surface area contributed by atoms with Crippen LogP contribution in [0, 0.1) is 13.8 Å². The number of hydrogen-bond acceptors (Lipinski definition) is 4. The predicted octanol–water partition coefficient (Wildman–Crippen LogP) is 4.19. The highest BCUT2D eigenvalue weighted by Crippen LogP contribution is 2.20. The van der Waals surface area contributed by atoms with Gasteiger partial charge in [-0.3, -0.25) is 0 Å². The topological polar surface area (TPSA) is 54.7 Å². The van der Waals surface area contributed by atoms with Gasteiger partial charge in [0.2, 0.25) is 0 Å². The Morgan fingerprint density at radius 2 is 2.00 bits per heavy atom. The van der Waals surface area contributed by atoms with Crippen molar-refractivity contribution in [1.82, 2.24) is 10.2 Å². The molecule has 0 aromatic carbocycles. The van der Waals surface area contributed by atoms with E-state index in [-0.39, 0.29) is 12.1 Å². The Bertz CT molecular complexity index is 503. The quantitative estimate of drug-likeness (QED) is 0.817. The Kier molecular flexibility index (Phi) is 7.13. The third kappa shape index (κ3) is 6.65. The lowest BCUT2D eigenvalue weighted by molar-refractivity contribution is 0.0251. The van der Waals surface area contributed by atoms with Crippen molar-refractivity contribution >= 4 is 6.09 Å². The van der Waals surface area contributed by atoms with E-state index in [0.717, 1.165) is 17.9 Å². The Morgan fingerprint density at radius 3 is 2.48 bits per heavy atom. The summed E-state index contributed by atoms with van der Waals surface area (Å²) in [6.07, 6.45) is 0.665. The third-order valence-corrected chi connectivity index (χ3v) is 3.52. The molecule has 0 bridgehead atoms. The maximum absolute atomic E-state index is 12.2. The number of nitrogens with one attached hydrogen (secondary N) is 1. The molecule has 1 aromatic rings. The van der Waals surface area contributed by atoms with Crippen molar-refractivity contribution in [2.75, 3.05) is 19.6 Å². The highest BCUT2D eigenvalue weighted by atomic mass is 16.6. The molecule has 1 rings (SSSR count). The van der Waals surface area contributed by atoms with Gasteiger partial charge in [0.15, 0.2) is 0 Å². The van der Waals surface area contributed by atoms with Gasteiger partial charge >= 0.3 is 6.09 Å². The summed E-state index contributed by atoms with van der Waals surface area (Å²) in [4.78, 5) is 14.0. The maximum atomic E-state index is 12.2. The monoisotopic (exact) mass is 324 g/mol. The van der Waals surface area contributed by atoms with Crippen LogP contribution in [0.1, 0.15) is 64.2 Å². The van der Waals surface area contributed by atoms with Gasteiger partial charge in [-0.1, -0.05) is 6.92 Å². The molecule has 1 amide bonds. The predicted molar refractivity (Wildman–Crippen MR) is 92.7 cm³/mol. The normalized spacial score (nSPS) is 13.0. The fourth-order valence-corrected chi connectivity index (χ4v) is 2.50. The number of aryl methyl sites for hydroxylation is 2. The summed E-state index contributed by atoms with van der Waals surface area (Å²) in [6.45, 7) is 15.8. The van der Waals surface area contributed by atoms with Crippen molar-refractivity contribution in [2.24, 2.45) is 0 Å². The van der Waals surface area contributed by atoms with Crippen LogP contribution in [0.2, 0.25) is 0 Å². The summed E-state index contributed by atoms with van der Waals surface area (Å²) in [5.74, 6) is 1.87. The summed E-state index contributed by atoms with van der Waals surface area (Å²) in [5.41, 5.74) is 0.705. The van der Waals surface area contributed by atoms with Gasteiger partial charge in [0.05, 0.1) is 0 Å². The van der Waals surface area contributed by atoms with Crippen LogP contribution >= 0.6 is 0 Å². The van der Waals surface area contributed by atoms with E-state index in [9.17, 15) is 4.79 Å². The average Bonchev–Trinajstić information content (AvgIpc) is 2.74. The second-order valence-electron chi connectivity index (χ2n) is 7.01. The molecule has 0 fully saturated rings. The Morgan fingerprint density at radius 1 is 1.35 bits per heavy atom. The molecular formula is C18H32N2O3. The molecule has 0 aliphatic carbocycles. The second kappa shape index (κ2) is 8.39. The zero-order chi connectivity index (χ0) is 17.6. The molecule has 0 radical (unpaired) electrons. The third-order valence-electron chi connectivity index (χ3n) is 3.52. The molecule has 0 aliphatic rings. The molecule has 0 saturated carbocycles. The average molecular weight is 324 g/mol. The van der Waals surface area contributed by atoms with Gasteiger partial charge < -0.3 is 19.4 Å². The number of nitrogens with zero attached hydrogens (tertiary/aromatic N) is 1. The minimum atomic E-state index is -0.463. The van der Waals surface area contributed by atoms with E-state index >= 15 is 0 Å². The fraction of sp³-hybridized carbons (Fsp3) is 0.722. The maximum Gasteiger partial charge on any atom is 0.410 e. The van der Waals surface area contributed by atoms with E-state index in [1.165, 1.54) is 5.56 Å². The first-order valence-corrected chi connectivity index (χ1v) is 8.42. The molecule has 1 unspecified atom stereocenters. The molecular weight excluding hydrogens is 292 g/mol. The van der Waals surface area contributed by atoms with E-state index in [2.05, 4.69) is 25.2 Å². The molecule has 1 atom stereocenters. The lowest BCUT2D eigenvalue weighted by atomic mass is 10.1. The highest BCUT2D eigenvalue weighted by Gasteiger charge is 2.21. The number of carbonyl (C=O) groups excluding carboxylic acids is 1. The van der Waals surface area contributed by atoms with Crippen LogP contribution < -0.4 is 5.32 Å². The van der Waals surface area contributed by atoms with Crippen molar-refractivity contribution in [1.29, 1.82) is 0 Å². The van der Waals surface area contributed by atoms with Gasteiger partial charge in [0.1, 0.15) is 17.1 Å². The van der Waals surface area contributed by atoms with Crippen LogP contribution in [0.15, 0.2) is 10.5 Å². The van der Waals surface area contributed by atoms with Crippen molar-refractivity contribution in [2.45, 2.75) is 66.5 Å². The summed E-state index contributed by atoms with van der Waals surface area (Å²) in [5, 5.41) is 3.45. The first-order chi connectivity index (χ1) is 10.6. The number of amides is 1. The van der Waals surface area contributed by atoms with Crippen LogP contribution in [0.4, 0.5) is 4.79 Å². The van der Waals surface area contributed by atoms with Gasteiger partial charge in [0.25, 0.3) is 0 Å². The zero-order valence-corrected chi connectivity index (χ0v) is 15.7. The Balaban J connectivity index is 2.52. The Hall–Kier alpha value is -1.49. The highest BCUT2D eigenvalue weighted by molar-refractivity contribution is 5.68. The standard InChI is InChI=1S/C18H32N2O3/c1-8-10-20(17(21)23-18(5,6)7)11-9-19-14(3)16-12-13(2)22-15(16)4/h12,14,19H,8-11H2,1-7H3. The van der Waals surface area contributed by atoms with Gasteiger partial charge in [-0.2, -0.15) is 0 Å². The molecule has 5 nitrogen and oxygen atoms in total. The van der Waals surface area contributed by atoms with E-state index in [4.69, 9.17) is 9.15 Å². The summed E-state index contributed by atoms with van der Waals surface area (Å²) < 4.78 is 11.0. The van der Waals surface area contributed by atoms with Crippen molar-refractivity contribution in [3.8, 4) is 0 Å². The molecule has 132 valence electrons. The summed E-state index contributed by atoms with van der Waals surface area (Å²) in [7, 11) is 0. The molecule has 0 saturated heterocycles. The second-order valence-corrected chi connectivity index (χ2v) is 7.01. The number of furan rings is 1. The van der Waals surface area contributed by atoms with Crippen LogP contribution in [0.5, 0.6) is 0 Å². The lowest BCUT2D eigenvalue weighted by Crippen LogP contribution is -2.41. The zero-order valence-electron chi connectivity index (χ0n) is 15.7. The van der Waals surface area contributed by atoms with Crippen molar-refractivity contribution in [3.05, 3.63) is 23.2 Å². The largest absolute Gasteiger partial charge is 0.466 e. The molecule has 5 heteroatoms. The molecule has 0 spiro atoms. The number of rotatable bonds is 7. The van der Waals surface area contributed by atoms with E-state index in [0.29, 0.717) is 19.6 Å². The molecule has 0 aliphatic heterocycles. The Labute approximate surface area is 140 Å². The number of ether oxygens (including phenoxy) is 1. The van der Waals surface area contributed by atoms with E-state index < -0.39 is 5.60 Å². The van der Waals surface area contributed by atoms with Gasteiger partial charge in [0, 0.05) is 31.2 Å². The lowest BCUT2D eigenvalue weighted by Gasteiger charge is -2.27. The van der Waals surface area contributed by atoms with Crippen molar-refractivity contribution < 1.29 is 13.9 Å². The molecule has 23 heavy (non-hydrogen) atoms. The van der Waals surface area contributed by atoms with E-state index in [1.807, 2.05) is 34.6 Å². The van der Waals surface area contributed by atoms with Crippen LogP contribution in [0.25, 0.3) is 0 Å². The molecule has 1 aromatic heterocycles. The van der Waals surface area contributed by atoms with Gasteiger partial charge in [-0.15, -0.1) is 0 Å². The van der Waals surface area contributed by atoms with Crippen LogP contribution in [0.3, 0.4) is 0 Å². The van der Waals surface area contributed by atoms with Crippen LogP contribution in [-0.2, 0) is 4.74 Å². The number of hydrogen-bond donors (Lipinski definition) is 1. The van der Waals surface area contributed by atoms with Crippen molar-refractivity contribution in [3.63, 3.8) is 0 Å². The van der Waals surface area contributed by atoms with Crippen LogP contribution in [-0.4, -0.2) is 36.2 Å². The summed E-state index contributed by atoms with van der Waals surface area (Å²) in [6, 6.07) is 2.25. The van der Waals surface area contributed by atoms with Gasteiger partial charge in [-0.25, -0.2) is 4.79 Å². The van der Waals surface area contributed by atoms with Gasteiger partial charge in [-0.05, 0) is 54.0 Å². The SMILES string of the molecule is CCCN(CCNC(C)c1cc(C)oc1C)C(=O)OC(C)(C)C. The summed E-state index contributed by atoms with van der Waals surface area (Å²) >= 11 is 0. The first kappa shape index (κ1) is 19.6. The van der Waals surface area contributed by atoms with E-state index in [1.54, 1.807) is 4.90 Å². The first-order valence-electron chi connectivity index (χ1n) is 8.42. The molecule has 1 heterocycles. The minimum Gasteiger partial charge on any atom is -0.466 e.